The number of nitrogens with zero attached hydrogens (tertiary/aromatic N) is 1. The zero-order valence-electron chi connectivity index (χ0n) is 16.6. The number of amides is 1. The van der Waals surface area contributed by atoms with E-state index >= 15 is 0 Å². The van der Waals surface area contributed by atoms with Crippen molar-refractivity contribution in [3.63, 3.8) is 0 Å². The topological polar surface area (TPSA) is 59.9 Å². The van der Waals surface area contributed by atoms with E-state index in [-0.39, 0.29) is 5.91 Å². The lowest BCUT2D eigenvalue weighted by atomic mass is 10.2. The second-order valence-corrected chi connectivity index (χ2v) is 8.81. The number of carbonyl (C=O) groups excluding carboxylic acids is 1. The van der Waals surface area contributed by atoms with Gasteiger partial charge in [-0.1, -0.05) is 35.9 Å². The van der Waals surface area contributed by atoms with Gasteiger partial charge < -0.3 is 9.47 Å². The number of rotatable bonds is 8. The van der Waals surface area contributed by atoms with E-state index in [1.54, 1.807) is 24.4 Å². The molecule has 0 heterocycles. The van der Waals surface area contributed by atoms with Gasteiger partial charge in [-0.3, -0.25) is 4.79 Å². The molecule has 0 aromatic heterocycles. The average Bonchev–Trinajstić information content (AvgIpc) is 2.75. The maximum absolute atomic E-state index is 12.3. The number of ether oxygens (including phenoxy) is 2. The summed E-state index contributed by atoms with van der Waals surface area (Å²) in [6, 6.07) is 18.4. The smallest absolute Gasteiger partial charge is 0.272 e. The zero-order chi connectivity index (χ0) is 22.2. The van der Waals surface area contributed by atoms with Gasteiger partial charge in [0, 0.05) is 9.50 Å². The number of carbonyl (C=O) groups is 1. The number of hydrogen-bond donors (Lipinski definition) is 1. The molecule has 1 N–H and O–H groups in total. The first-order valence-electron chi connectivity index (χ1n) is 9.39. The molecule has 0 fully saturated rings. The highest BCUT2D eigenvalue weighted by Gasteiger charge is 2.13. The minimum absolute atomic E-state index is 0.300. The maximum atomic E-state index is 12.3. The molecule has 0 spiro atoms. The molecule has 31 heavy (non-hydrogen) atoms. The molecule has 0 aliphatic carbocycles. The monoisotopic (exact) mass is 612 g/mol. The Kier molecular flexibility index (Phi) is 8.74. The van der Waals surface area contributed by atoms with Crippen LogP contribution in [0.3, 0.4) is 0 Å². The molecule has 1 amide bonds. The van der Waals surface area contributed by atoms with Crippen LogP contribution in [0.5, 0.6) is 11.5 Å². The van der Waals surface area contributed by atoms with Crippen molar-refractivity contribution >= 4 is 62.2 Å². The normalized spacial score (nSPS) is 10.8. The van der Waals surface area contributed by atoms with Crippen LogP contribution in [0, 0.1) is 3.57 Å². The Morgan fingerprint density at radius 1 is 1.16 bits per heavy atom. The van der Waals surface area contributed by atoms with Crippen molar-refractivity contribution in [3.8, 4) is 11.5 Å². The van der Waals surface area contributed by atoms with Crippen LogP contribution in [0.4, 0.5) is 0 Å². The van der Waals surface area contributed by atoms with Crippen LogP contribution in [0.15, 0.2) is 70.2 Å². The van der Waals surface area contributed by atoms with Crippen molar-refractivity contribution in [1.82, 2.24) is 5.43 Å². The fourth-order valence-corrected chi connectivity index (χ4v) is 4.04. The molecule has 5 nitrogen and oxygen atoms in total. The SMILES string of the molecule is CCOc1cc(/C=N/NC(=O)c2ccccc2Br)cc(I)c1OCc1ccc(Cl)cc1. The number of benzene rings is 3. The summed E-state index contributed by atoms with van der Waals surface area (Å²) >= 11 is 11.5. The van der Waals surface area contributed by atoms with Gasteiger partial charge in [-0.15, -0.1) is 0 Å². The second kappa shape index (κ2) is 11.5. The van der Waals surface area contributed by atoms with Gasteiger partial charge in [0.2, 0.25) is 0 Å². The van der Waals surface area contributed by atoms with E-state index in [0.717, 1.165) is 14.7 Å². The highest BCUT2D eigenvalue weighted by atomic mass is 127. The first-order valence-corrected chi connectivity index (χ1v) is 11.6. The summed E-state index contributed by atoms with van der Waals surface area (Å²) in [4.78, 5) is 12.3. The van der Waals surface area contributed by atoms with Crippen LogP contribution in [-0.2, 0) is 6.61 Å². The van der Waals surface area contributed by atoms with Gasteiger partial charge in [-0.05, 0) is 93.0 Å². The minimum atomic E-state index is -0.300. The largest absolute Gasteiger partial charge is 0.490 e. The fraction of sp³-hybridized carbons (Fsp3) is 0.130. The van der Waals surface area contributed by atoms with Crippen LogP contribution in [0.2, 0.25) is 5.02 Å². The quantitative estimate of drug-likeness (QED) is 0.181. The van der Waals surface area contributed by atoms with Crippen molar-refractivity contribution < 1.29 is 14.3 Å². The van der Waals surface area contributed by atoms with E-state index in [1.165, 1.54) is 0 Å². The molecule has 0 aliphatic heterocycles. The van der Waals surface area contributed by atoms with Gasteiger partial charge in [-0.2, -0.15) is 5.10 Å². The molecule has 8 heteroatoms. The van der Waals surface area contributed by atoms with E-state index in [9.17, 15) is 4.79 Å². The Hall–Kier alpha value is -2.10. The molecule has 3 aromatic rings. The Bertz CT molecular complexity index is 1090. The third-order valence-corrected chi connectivity index (χ3v) is 5.87. The van der Waals surface area contributed by atoms with Gasteiger partial charge in [0.25, 0.3) is 5.91 Å². The van der Waals surface area contributed by atoms with E-state index in [4.69, 9.17) is 21.1 Å². The third-order valence-electron chi connectivity index (χ3n) is 4.13. The molecule has 0 saturated carbocycles. The molecule has 0 bridgehead atoms. The Morgan fingerprint density at radius 3 is 2.61 bits per heavy atom. The molecule has 3 rings (SSSR count). The minimum Gasteiger partial charge on any atom is -0.490 e. The Morgan fingerprint density at radius 2 is 1.90 bits per heavy atom. The highest BCUT2D eigenvalue weighted by molar-refractivity contribution is 14.1. The van der Waals surface area contributed by atoms with Gasteiger partial charge in [0.1, 0.15) is 6.61 Å². The van der Waals surface area contributed by atoms with Crippen molar-refractivity contribution in [1.29, 1.82) is 0 Å². The number of nitrogens with one attached hydrogen (secondary N) is 1. The summed E-state index contributed by atoms with van der Waals surface area (Å²) in [5.41, 5.74) is 4.83. The summed E-state index contributed by atoms with van der Waals surface area (Å²) in [7, 11) is 0. The second-order valence-electron chi connectivity index (χ2n) is 6.36. The number of hydrazone groups is 1. The highest BCUT2D eigenvalue weighted by Crippen LogP contribution is 2.34. The number of halogens is 3. The number of hydrogen-bond acceptors (Lipinski definition) is 4. The van der Waals surface area contributed by atoms with Crippen LogP contribution < -0.4 is 14.9 Å². The van der Waals surface area contributed by atoms with Crippen molar-refractivity contribution in [3.05, 3.63) is 90.4 Å². The molecule has 0 saturated heterocycles. The van der Waals surface area contributed by atoms with Gasteiger partial charge in [0.05, 0.1) is 22.0 Å². The molecular formula is C23H19BrClIN2O3. The summed E-state index contributed by atoms with van der Waals surface area (Å²) < 4.78 is 13.4. The third kappa shape index (κ3) is 6.69. The van der Waals surface area contributed by atoms with Crippen LogP contribution in [0.25, 0.3) is 0 Å². The molecule has 160 valence electrons. The van der Waals surface area contributed by atoms with Crippen molar-refractivity contribution in [2.24, 2.45) is 5.10 Å². The van der Waals surface area contributed by atoms with Gasteiger partial charge in [0.15, 0.2) is 11.5 Å². The lowest BCUT2D eigenvalue weighted by molar-refractivity contribution is 0.0954. The van der Waals surface area contributed by atoms with E-state index < -0.39 is 0 Å². The summed E-state index contributed by atoms with van der Waals surface area (Å²) in [6.45, 7) is 2.80. The van der Waals surface area contributed by atoms with Crippen LogP contribution in [-0.4, -0.2) is 18.7 Å². The fourth-order valence-electron chi connectivity index (χ4n) is 2.67. The van der Waals surface area contributed by atoms with Gasteiger partial charge >= 0.3 is 0 Å². The molecular weight excluding hydrogens is 595 g/mol. The van der Waals surface area contributed by atoms with Crippen molar-refractivity contribution in [2.75, 3.05) is 6.61 Å². The molecule has 0 aliphatic rings. The maximum Gasteiger partial charge on any atom is 0.272 e. The van der Waals surface area contributed by atoms with Crippen molar-refractivity contribution in [2.45, 2.75) is 13.5 Å². The van der Waals surface area contributed by atoms with E-state index in [0.29, 0.717) is 39.8 Å². The first kappa shape index (κ1) is 23.6. The lowest BCUT2D eigenvalue weighted by Crippen LogP contribution is -2.18. The summed E-state index contributed by atoms with van der Waals surface area (Å²) in [5, 5.41) is 4.76. The molecule has 0 unspecified atom stereocenters. The van der Waals surface area contributed by atoms with Gasteiger partial charge in [-0.25, -0.2) is 5.43 Å². The predicted octanol–water partition coefficient (Wildman–Crippen LogP) is 6.45. The molecule has 3 aromatic carbocycles. The summed E-state index contributed by atoms with van der Waals surface area (Å²) in [5.74, 6) is 0.972. The van der Waals surface area contributed by atoms with Crippen LogP contribution >= 0.6 is 50.1 Å². The van der Waals surface area contributed by atoms with Crippen LogP contribution in [0.1, 0.15) is 28.4 Å². The average molecular weight is 614 g/mol. The molecule has 0 radical (unpaired) electrons. The summed E-state index contributed by atoms with van der Waals surface area (Å²) in [6.07, 6.45) is 1.57. The Balaban J connectivity index is 1.73. The molecule has 0 atom stereocenters. The predicted molar refractivity (Wildman–Crippen MR) is 135 cm³/mol. The van der Waals surface area contributed by atoms with E-state index in [1.807, 2.05) is 49.4 Å². The van der Waals surface area contributed by atoms with E-state index in [2.05, 4.69) is 49.0 Å². The first-order chi connectivity index (χ1) is 15.0. The zero-order valence-corrected chi connectivity index (χ0v) is 21.1. The standard InChI is InChI=1S/C23H19BrClIN2O3/c1-2-30-21-12-16(13-27-28-23(29)18-5-3-4-6-19(18)24)11-20(26)22(21)31-14-15-7-9-17(25)10-8-15/h3-13H,2,14H2,1H3,(H,28,29)/b27-13+. The Labute approximate surface area is 208 Å². The lowest BCUT2D eigenvalue weighted by Gasteiger charge is -2.15.